The summed E-state index contributed by atoms with van der Waals surface area (Å²) in [7, 11) is 1.48. The van der Waals surface area contributed by atoms with Gasteiger partial charge in [0, 0.05) is 20.0 Å². The Morgan fingerprint density at radius 2 is 2.14 bits per heavy atom. The fraction of sp³-hybridized carbons (Fsp3) is 0.875. The van der Waals surface area contributed by atoms with E-state index >= 15 is 0 Å². The largest absolute Gasteiger partial charge is 0.401 e. The number of ether oxygens (including phenoxy) is 1. The molecule has 1 aliphatic carbocycles. The third-order valence-corrected chi connectivity index (χ3v) is 2.33. The first kappa shape index (κ1) is 11.3. The minimum Gasteiger partial charge on any atom is -0.381 e. The Labute approximate surface area is 79.8 Å². The van der Waals surface area contributed by atoms with E-state index in [-0.39, 0.29) is 6.10 Å². The minimum atomic E-state index is -4.28. The summed E-state index contributed by atoms with van der Waals surface area (Å²) in [5.41, 5.74) is -1.05. The van der Waals surface area contributed by atoms with Crippen molar-refractivity contribution in [1.29, 1.82) is 5.26 Å². The van der Waals surface area contributed by atoms with Gasteiger partial charge in [0.1, 0.15) is 5.54 Å². The van der Waals surface area contributed by atoms with E-state index in [2.05, 4.69) is 5.32 Å². The molecule has 0 bridgehead atoms. The zero-order valence-corrected chi connectivity index (χ0v) is 7.69. The first-order chi connectivity index (χ1) is 6.41. The van der Waals surface area contributed by atoms with Gasteiger partial charge in [-0.1, -0.05) is 0 Å². The Morgan fingerprint density at radius 1 is 1.57 bits per heavy atom. The fourth-order valence-corrected chi connectivity index (χ4v) is 1.43. The average Bonchev–Trinajstić information content (AvgIpc) is 2.02. The number of hydrogen-bond donors (Lipinski definition) is 1. The summed E-state index contributed by atoms with van der Waals surface area (Å²) in [6.45, 7) is -1.13. The summed E-state index contributed by atoms with van der Waals surface area (Å²) in [6.07, 6.45) is -3.75. The Balaban J connectivity index is 2.40. The van der Waals surface area contributed by atoms with Gasteiger partial charge in [-0.25, -0.2) is 0 Å². The molecule has 0 aromatic heterocycles. The molecule has 0 spiro atoms. The number of methoxy groups -OCH3 is 1. The van der Waals surface area contributed by atoms with Crippen LogP contribution in [0.1, 0.15) is 12.8 Å². The molecule has 1 saturated carbocycles. The summed E-state index contributed by atoms with van der Waals surface area (Å²) >= 11 is 0. The first-order valence-corrected chi connectivity index (χ1v) is 4.17. The third kappa shape index (κ3) is 2.59. The fourth-order valence-electron chi connectivity index (χ4n) is 1.43. The van der Waals surface area contributed by atoms with Crippen molar-refractivity contribution in [2.45, 2.75) is 30.7 Å². The van der Waals surface area contributed by atoms with Crippen LogP contribution in [-0.2, 0) is 4.74 Å². The molecule has 0 aliphatic heterocycles. The molecule has 3 nitrogen and oxygen atoms in total. The van der Waals surface area contributed by atoms with Crippen LogP contribution in [0, 0.1) is 11.3 Å². The van der Waals surface area contributed by atoms with Crippen molar-refractivity contribution >= 4 is 0 Å². The van der Waals surface area contributed by atoms with Gasteiger partial charge in [0.15, 0.2) is 0 Å². The van der Waals surface area contributed by atoms with Crippen molar-refractivity contribution in [1.82, 2.24) is 5.32 Å². The van der Waals surface area contributed by atoms with Crippen LogP contribution in [0.4, 0.5) is 13.2 Å². The topological polar surface area (TPSA) is 45.0 Å². The molecule has 6 heteroatoms. The Morgan fingerprint density at radius 3 is 2.50 bits per heavy atom. The molecule has 14 heavy (non-hydrogen) atoms. The Hall–Kier alpha value is -0.800. The molecule has 0 radical (unpaired) electrons. The average molecular weight is 208 g/mol. The highest BCUT2D eigenvalue weighted by atomic mass is 19.4. The summed E-state index contributed by atoms with van der Waals surface area (Å²) in [5.74, 6) is 0. The van der Waals surface area contributed by atoms with Crippen LogP contribution < -0.4 is 5.32 Å². The van der Waals surface area contributed by atoms with Crippen molar-refractivity contribution in [2.24, 2.45) is 0 Å². The Kier molecular flexibility index (Phi) is 3.02. The number of nitrogens with zero attached hydrogens (tertiary/aromatic N) is 1. The van der Waals surface area contributed by atoms with Crippen LogP contribution in [-0.4, -0.2) is 31.5 Å². The van der Waals surface area contributed by atoms with Gasteiger partial charge in [0.2, 0.25) is 0 Å². The lowest BCUT2D eigenvalue weighted by Gasteiger charge is -2.42. The Bertz CT molecular complexity index is 240. The van der Waals surface area contributed by atoms with Crippen molar-refractivity contribution in [3.63, 3.8) is 0 Å². The van der Waals surface area contributed by atoms with E-state index in [0.717, 1.165) is 0 Å². The van der Waals surface area contributed by atoms with Crippen molar-refractivity contribution in [3.8, 4) is 6.07 Å². The lowest BCUT2D eigenvalue weighted by Crippen LogP contribution is -2.58. The minimum absolute atomic E-state index is 0.101. The molecule has 0 saturated heterocycles. The molecular formula is C8H11F3N2O. The van der Waals surface area contributed by atoms with E-state index in [0.29, 0.717) is 12.8 Å². The molecule has 0 amide bonds. The highest BCUT2D eigenvalue weighted by Crippen LogP contribution is 2.34. The molecule has 0 aromatic carbocycles. The quantitative estimate of drug-likeness (QED) is 0.758. The maximum Gasteiger partial charge on any atom is 0.401 e. The standard InChI is InChI=1S/C8H11F3N2O/c1-14-6-2-7(3-6,4-12)13-5-8(9,10)11/h6,13H,2-3,5H2,1H3. The van der Waals surface area contributed by atoms with Crippen molar-refractivity contribution in [3.05, 3.63) is 0 Å². The lowest BCUT2D eigenvalue weighted by molar-refractivity contribution is -0.133. The molecule has 0 heterocycles. The first-order valence-electron chi connectivity index (χ1n) is 4.17. The third-order valence-electron chi connectivity index (χ3n) is 2.33. The number of hydrogen-bond acceptors (Lipinski definition) is 3. The maximum absolute atomic E-state index is 11.9. The number of halogens is 3. The lowest BCUT2D eigenvalue weighted by atomic mass is 9.75. The number of alkyl halides is 3. The van der Waals surface area contributed by atoms with E-state index in [1.165, 1.54) is 7.11 Å². The zero-order valence-electron chi connectivity index (χ0n) is 7.69. The van der Waals surface area contributed by atoms with Gasteiger partial charge in [-0.3, -0.25) is 5.32 Å². The van der Waals surface area contributed by atoms with E-state index in [1.807, 2.05) is 6.07 Å². The van der Waals surface area contributed by atoms with Gasteiger partial charge < -0.3 is 4.74 Å². The van der Waals surface area contributed by atoms with E-state index in [9.17, 15) is 13.2 Å². The highest BCUT2D eigenvalue weighted by molar-refractivity contribution is 5.16. The van der Waals surface area contributed by atoms with Gasteiger partial charge in [-0.2, -0.15) is 18.4 Å². The second-order valence-corrected chi connectivity index (χ2v) is 3.43. The van der Waals surface area contributed by atoms with E-state index in [1.54, 1.807) is 0 Å². The molecule has 1 N–H and O–H groups in total. The van der Waals surface area contributed by atoms with Crippen molar-refractivity contribution in [2.75, 3.05) is 13.7 Å². The molecule has 0 aromatic rings. The number of nitriles is 1. The second kappa shape index (κ2) is 3.75. The predicted molar refractivity (Wildman–Crippen MR) is 42.4 cm³/mol. The van der Waals surface area contributed by atoms with Crippen LogP contribution >= 0.6 is 0 Å². The number of rotatable bonds is 3. The van der Waals surface area contributed by atoms with E-state index < -0.39 is 18.3 Å². The van der Waals surface area contributed by atoms with Crippen LogP contribution in [0.3, 0.4) is 0 Å². The summed E-state index contributed by atoms with van der Waals surface area (Å²) in [6, 6.07) is 1.86. The SMILES string of the molecule is COC1CC(C#N)(NCC(F)(F)F)C1. The highest BCUT2D eigenvalue weighted by Gasteiger charge is 2.46. The molecule has 1 rings (SSSR count). The van der Waals surface area contributed by atoms with Crippen LogP contribution in [0.25, 0.3) is 0 Å². The monoisotopic (exact) mass is 208 g/mol. The van der Waals surface area contributed by atoms with Gasteiger partial charge in [0.25, 0.3) is 0 Å². The smallest absolute Gasteiger partial charge is 0.381 e. The summed E-state index contributed by atoms with van der Waals surface area (Å²) in [4.78, 5) is 0. The molecule has 1 fully saturated rings. The molecule has 80 valence electrons. The maximum atomic E-state index is 11.9. The molecule has 0 atom stereocenters. The normalized spacial score (nSPS) is 32.1. The summed E-state index contributed by atoms with van der Waals surface area (Å²) < 4.78 is 40.5. The van der Waals surface area contributed by atoms with Crippen molar-refractivity contribution < 1.29 is 17.9 Å². The van der Waals surface area contributed by atoms with E-state index in [4.69, 9.17) is 10.00 Å². The van der Waals surface area contributed by atoms with Gasteiger partial charge in [-0.15, -0.1) is 0 Å². The van der Waals surface area contributed by atoms with Crippen LogP contribution in [0.5, 0.6) is 0 Å². The summed E-state index contributed by atoms with van der Waals surface area (Å²) in [5, 5.41) is 10.9. The van der Waals surface area contributed by atoms with Gasteiger partial charge in [-0.05, 0) is 0 Å². The van der Waals surface area contributed by atoms with Crippen LogP contribution in [0.2, 0.25) is 0 Å². The zero-order chi connectivity index (χ0) is 10.8. The van der Waals surface area contributed by atoms with Gasteiger partial charge >= 0.3 is 6.18 Å². The molecule has 0 unspecified atom stereocenters. The molecule has 1 aliphatic rings. The predicted octanol–water partition coefficient (Wildman–Crippen LogP) is 1.21. The second-order valence-electron chi connectivity index (χ2n) is 3.43. The molecular weight excluding hydrogens is 197 g/mol. The van der Waals surface area contributed by atoms with Gasteiger partial charge in [0.05, 0.1) is 18.7 Å². The van der Waals surface area contributed by atoms with Crippen LogP contribution in [0.15, 0.2) is 0 Å². The number of nitrogens with one attached hydrogen (secondary N) is 1.